The fourth-order valence-electron chi connectivity index (χ4n) is 5.28. The van der Waals surface area contributed by atoms with Gasteiger partial charge in [-0.1, -0.05) is 27.7 Å². The van der Waals surface area contributed by atoms with Crippen LogP contribution in [-0.4, -0.2) is 52.1 Å². The minimum atomic E-state index is -1.05. The molecule has 1 saturated heterocycles. The predicted octanol–water partition coefficient (Wildman–Crippen LogP) is 3.18. The molecule has 5 nitrogen and oxygen atoms in total. The third kappa shape index (κ3) is 3.72. The van der Waals surface area contributed by atoms with Crippen LogP contribution >= 0.6 is 0 Å². The molecule has 24 heavy (non-hydrogen) atoms. The summed E-state index contributed by atoms with van der Waals surface area (Å²) in [4.78, 5) is 13.7. The molecule has 0 atom stereocenters. The topological polar surface area (TPSA) is 70.0 Å². The van der Waals surface area contributed by atoms with Crippen molar-refractivity contribution in [2.24, 2.45) is 16.2 Å². The summed E-state index contributed by atoms with van der Waals surface area (Å²) < 4.78 is 5.38. The fraction of sp³-hybridized carbons (Fsp3) is 0.947. The number of hydrogen-bond donors (Lipinski definition) is 2. The predicted molar refractivity (Wildman–Crippen MR) is 93.7 cm³/mol. The molecule has 0 spiro atoms. The van der Waals surface area contributed by atoms with Gasteiger partial charge in [-0.2, -0.15) is 0 Å². The van der Waals surface area contributed by atoms with Gasteiger partial charge in [0.1, 0.15) is 11.2 Å². The zero-order valence-electron chi connectivity index (χ0n) is 16.4. The van der Waals surface area contributed by atoms with Crippen molar-refractivity contribution >= 4 is 6.09 Å². The highest BCUT2D eigenvalue weighted by molar-refractivity contribution is 5.69. The van der Waals surface area contributed by atoms with Crippen molar-refractivity contribution in [1.82, 2.24) is 4.90 Å². The lowest BCUT2D eigenvalue weighted by Gasteiger charge is -2.62. The summed E-state index contributed by atoms with van der Waals surface area (Å²) in [6.45, 7) is 14.7. The number of rotatable bonds is 2. The summed E-state index contributed by atoms with van der Waals surface area (Å²) in [6.07, 6.45) is 2.19. The summed E-state index contributed by atoms with van der Waals surface area (Å²) in [5.41, 5.74) is -2.07. The molecule has 0 bridgehead atoms. The van der Waals surface area contributed by atoms with Gasteiger partial charge >= 0.3 is 6.09 Å². The summed E-state index contributed by atoms with van der Waals surface area (Å²) in [5.74, 6) is 0. The highest BCUT2D eigenvalue weighted by atomic mass is 16.6. The van der Waals surface area contributed by atoms with Gasteiger partial charge in [0, 0.05) is 5.41 Å². The van der Waals surface area contributed by atoms with E-state index in [4.69, 9.17) is 4.74 Å². The molecule has 0 unspecified atom stereocenters. The lowest BCUT2D eigenvalue weighted by molar-refractivity contribution is -0.223. The maximum Gasteiger partial charge on any atom is 0.410 e. The van der Waals surface area contributed by atoms with Crippen molar-refractivity contribution in [3.63, 3.8) is 0 Å². The molecule has 0 radical (unpaired) electrons. The fourth-order valence-corrected chi connectivity index (χ4v) is 5.28. The third-order valence-corrected chi connectivity index (χ3v) is 5.44. The lowest BCUT2D eigenvalue weighted by Crippen LogP contribution is -2.73. The van der Waals surface area contributed by atoms with Crippen LogP contribution in [0.15, 0.2) is 0 Å². The normalized spacial score (nSPS) is 27.3. The van der Waals surface area contributed by atoms with E-state index < -0.39 is 22.7 Å². The zero-order chi connectivity index (χ0) is 18.6. The molecule has 2 rings (SSSR count). The van der Waals surface area contributed by atoms with E-state index in [-0.39, 0.29) is 30.5 Å². The minimum absolute atomic E-state index is 0.0482. The number of nitrogens with zero attached hydrogens (tertiary/aromatic N) is 1. The average molecular weight is 341 g/mol. The Labute approximate surface area is 146 Å². The smallest absolute Gasteiger partial charge is 0.410 e. The van der Waals surface area contributed by atoms with Crippen molar-refractivity contribution in [3.05, 3.63) is 0 Å². The monoisotopic (exact) mass is 341 g/mol. The van der Waals surface area contributed by atoms with E-state index in [0.717, 1.165) is 19.3 Å². The van der Waals surface area contributed by atoms with Gasteiger partial charge < -0.3 is 19.8 Å². The van der Waals surface area contributed by atoms with E-state index in [1.54, 1.807) is 0 Å². The Morgan fingerprint density at radius 1 is 1.04 bits per heavy atom. The van der Waals surface area contributed by atoms with Crippen LogP contribution in [0.5, 0.6) is 0 Å². The van der Waals surface area contributed by atoms with E-state index in [9.17, 15) is 15.0 Å². The number of carbonyl (C=O) groups excluding carboxylic acids is 1. The largest absolute Gasteiger partial charge is 0.444 e. The summed E-state index contributed by atoms with van der Waals surface area (Å²) in [6, 6.07) is 0. The van der Waals surface area contributed by atoms with Crippen molar-refractivity contribution in [3.8, 4) is 0 Å². The number of β-amino-alcohol motifs (C(OH)–C–C–N with tert-alkyl or cyclic N) is 1. The standard InChI is InChI=1S/C19H35NO4/c1-15(2,3)24-14(22)20-11-19(23,12-20)18(13-21)9-16(4,5)8-17(6,7)10-18/h21,23H,8-13H2,1-7H3. The second kappa shape index (κ2) is 5.60. The second-order valence-electron chi connectivity index (χ2n) is 10.7. The Morgan fingerprint density at radius 2 is 1.50 bits per heavy atom. The molecule has 140 valence electrons. The molecule has 2 fully saturated rings. The first-order valence-electron chi connectivity index (χ1n) is 8.94. The Morgan fingerprint density at radius 3 is 1.88 bits per heavy atom. The number of aliphatic hydroxyl groups excluding tert-OH is 1. The van der Waals surface area contributed by atoms with E-state index in [2.05, 4.69) is 27.7 Å². The maximum atomic E-state index is 12.2. The third-order valence-electron chi connectivity index (χ3n) is 5.44. The van der Waals surface area contributed by atoms with Crippen molar-refractivity contribution in [1.29, 1.82) is 0 Å². The van der Waals surface area contributed by atoms with Crippen LogP contribution in [0.2, 0.25) is 0 Å². The SMILES string of the molecule is CC1(C)CC(C)(C)CC(CO)(C2(O)CN(C(=O)OC(C)(C)C)C2)C1. The van der Waals surface area contributed by atoms with Crippen LogP contribution in [0, 0.1) is 16.2 Å². The minimum Gasteiger partial charge on any atom is -0.444 e. The quantitative estimate of drug-likeness (QED) is 0.809. The van der Waals surface area contributed by atoms with Crippen LogP contribution in [0.4, 0.5) is 4.79 Å². The second-order valence-corrected chi connectivity index (χ2v) is 10.7. The van der Waals surface area contributed by atoms with Crippen LogP contribution in [0.1, 0.15) is 67.7 Å². The molecule has 0 aromatic carbocycles. The molecule has 2 aliphatic rings. The molecule has 1 heterocycles. The number of ether oxygens (including phenoxy) is 1. The molecule has 1 saturated carbocycles. The van der Waals surface area contributed by atoms with E-state index >= 15 is 0 Å². The Hall–Kier alpha value is -0.810. The van der Waals surface area contributed by atoms with E-state index in [1.165, 1.54) is 4.90 Å². The molecule has 0 aromatic rings. The Kier molecular flexibility index (Phi) is 4.55. The number of amides is 1. The lowest BCUT2D eigenvalue weighted by atomic mass is 9.49. The summed E-state index contributed by atoms with van der Waals surface area (Å²) in [5, 5.41) is 21.5. The highest BCUT2D eigenvalue weighted by Gasteiger charge is 2.63. The Bertz CT molecular complexity index is 482. The number of aliphatic hydroxyl groups is 2. The van der Waals surface area contributed by atoms with Gasteiger partial charge in [0.05, 0.1) is 19.7 Å². The van der Waals surface area contributed by atoms with Crippen LogP contribution in [0.3, 0.4) is 0 Å². The van der Waals surface area contributed by atoms with Gasteiger partial charge in [0.15, 0.2) is 0 Å². The van der Waals surface area contributed by atoms with Gasteiger partial charge in [0.2, 0.25) is 0 Å². The Balaban J connectivity index is 2.16. The maximum absolute atomic E-state index is 12.2. The number of likely N-dealkylation sites (tertiary alicyclic amines) is 1. The summed E-state index contributed by atoms with van der Waals surface area (Å²) in [7, 11) is 0. The highest BCUT2D eigenvalue weighted by Crippen LogP contribution is 2.59. The summed E-state index contributed by atoms with van der Waals surface area (Å²) >= 11 is 0. The average Bonchev–Trinajstić information content (AvgIpc) is 2.28. The van der Waals surface area contributed by atoms with Crippen molar-refractivity contribution in [2.45, 2.75) is 78.9 Å². The van der Waals surface area contributed by atoms with E-state index in [0.29, 0.717) is 0 Å². The molecular weight excluding hydrogens is 306 g/mol. The van der Waals surface area contributed by atoms with Gasteiger partial charge in [0.25, 0.3) is 0 Å². The van der Waals surface area contributed by atoms with Crippen molar-refractivity contribution in [2.75, 3.05) is 19.7 Å². The first-order chi connectivity index (χ1) is 10.6. The van der Waals surface area contributed by atoms with Gasteiger partial charge in [-0.3, -0.25) is 0 Å². The van der Waals surface area contributed by atoms with Gasteiger partial charge in [-0.25, -0.2) is 4.79 Å². The number of hydrogen-bond acceptors (Lipinski definition) is 4. The van der Waals surface area contributed by atoms with Gasteiger partial charge in [-0.05, 0) is 50.9 Å². The molecule has 1 amide bonds. The molecule has 1 aliphatic heterocycles. The first kappa shape index (κ1) is 19.5. The van der Waals surface area contributed by atoms with Crippen LogP contribution in [-0.2, 0) is 4.74 Å². The van der Waals surface area contributed by atoms with E-state index in [1.807, 2.05) is 20.8 Å². The molecular formula is C19H35NO4. The van der Waals surface area contributed by atoms with Crippen molar-refractivity contribution < 1.29 is 19.7 Å². The van der Waals surface area contributed by atoms with Gasteiger partial charge in [-0.15, -0.1) is 0 Å². The molecule has 2 N–H and O–H groups in total. The van der Waals surface area contributed by atoms with Crippen LogP contribution < -0.4 is 0 Å². The van der Waals surface area contributed by atoms with Crippen LogP contribution in [0.25, 0.3) is 0 Å². The molecule has 5 heteroatoms. The zero-order valence-corrected chi connectivity index (χ0v) is 16.4. The number of carbonyl (C=O) groups is 1. The first-order valence-corrected chi connectivity index (χ1v) is 8.94. The molecule has 1 aliphatic carbocycles. The molecule has 0 aromatic heterocycles.